The van der Waals surface area contributed by atoms with E-state index in [4.69, 9.17) is 4.74 Å². The molecule has 162 valence electrons. The van der Waals surface area contributed by atoms with Crippen LogP contribution in [0, 0.1) is 12.7 Å². The zero-order valence-corrected chi connectivity index (χ0v) is 17.8. The van der Waals surface area contributed by atoms with Gasteiger partial charge in [-0.25, -0.2) is 12.8 Å². The van der Waals surface area contributed by atoms with E-state index in [2.05, 4.69) is 5.32 Å². The first-order valence-corrected chi connectivity index (χ1v) is 11.1. The zero-order chi connectivity index (χ0) is 22.3. The molecular formula is C23H23FN2O4S. The summed E-state index contributed by atoms with van der Waals surface area (Å²) in [5, 5.41) is 2.61. The van der Waals surface area contributed by atoms with Crippen molar-refractivity contribution in [2.24, 2.45) is 0 Å². The van der Waals surface area contributed by atoms with E-state index in [0.717, 1.165) is 15.9 Å². The van der Waals surface area contributed by atoms with Gasteiger partial charge in [-0.15, -0.1) is 0 Å². The first-order chi connectivity index (χ1) is 14.9. The number of carbonyl (C=O) groups excluding carboxylic acids is 1. The molecule has 0 aliphatic carbocycles. The summed E-state index contributed by atoms with van der Waals surface area (Å²) in [5.41, 5.74) is 0.686. The summed E-state index contributed by atoms with van der Waals surface area (Å²) in [6.07, 6.45) is 0. The minimum absolute atomic E-state index is 0.0263. The summed E-state index contributed by atoms with van der Waals surface area (Å²) in [6, 6.07) is 20.7. The number of para-hydroxylation sites is 2. The van der Waals surface area contributed by atoms with Crippen molar-refractivity contribution in [1.29, 1.82) is 0 Å². The third-order valence-corrected chi connectivity index (χ3v) is 6.23. The topological polar surface area (TPSA) is 75.7 Å². The molecule has 0 aliphatic rings. The second-order valence-electron chi connectivity index (χ2n) is 6.79. The Morgan fingerprint density at radius 3 is 2.29 bits per heavy atom. The monoisotopic (exact) mass is 442 g/mol. The number of nitrogens with one attached hydrogen (secondary N) is 1. The van der Waals surface area contributed by atoms with Crippen molar-refractivity contribution in [3.63, 3.8) is 0 Å². The Hall–Kier alpha value is -3.39. The third-order valence-electron chi connectivity index (χ3n) is 4.45. The highest BCUT2D eigenvalue weighted by Gasteiger charge is 2.29. The molecule has 6 nitrogen and oxygen atoms in total. The number of rotatable bonds is 9. The van der Waals surface area contributed by atoms with Crippen LogP contribution in [0.25, 0.3) is 0 Å². The fraction of sp³-hybridized carbons (Fsp3) is 0.174. The fourth-order valence-corrected chi connectivity index (χ4v) is 4.28. The van der Waals surface area contributed by atoms with Crippen molar-refractivity contribution in [2.45, 2.75) is 11.8 Å². The standard InChI is InChI=1S/C23H23FN2O4S/c1-18-11-13-20(14-12-18)31(28,29)26(22-10-6-5-9-21(22)24)17-23(27)25-15-16-30-19-7-3-2-4-8-19/h2-14H,15-17H2,1H3,(H,25,27). The fourth-order valence-electron chi connectivity index (χ4n) is 2.85. The largest absolute Gasteiger partial charge is 0.492 e. The number of halogens is 1. The van der Waals surface area contributed by atoms with Gasteiger partial charge in [-0.1, -0.05) is 48.0 Å². The average molecular weight is 443 g/mol. The maximum Gasteiger partial charge on any atom is 0.264 e. The second-order valence-corrected chi connectivity index (χ2v) is 8.65. The molecule has 3 aromatic rings. The Balaban J connectivity index is 1.73. The summed E-state index contributed by atoms with van der Waals surface area (Å²) in [4.78, 5) is 12.5. The molecule has 0 unspecified atom stereocenters. The molecule has 0 aromatic heterocycles. The quantitative estimate of drug-likeness (QED) is 0.515. The molecule has 0 heterocycles. The Kier molecular flexibility index (Phi) is 7.25. The molecular weight excluding hydrogens is 419 g/mol. The van der Waals surface area contributed by atoms with Gasteiger partial charge in [-0.05, 0) is 43.3 Å². The zero-order valence-electron chi connectivity index (χ0n) is 17.0. The Bertz CT molecular complexity index is 1120. The lowest BCUT2D eigenvalue weighted by Gasteiger charge is -2.24. The first kappa shape index (κ1) is 22.3. The first-order valence-electron chi connectivity index (χ1n) is 9.66. The molecule has 0 radical (unpaired) electrons. The summed E-state index contributed by atoms with van der Waals surface area (Å²) in [6.45, 7) is 1.64. The van der Waals surface area contributed by atoms with Gasteiger partial charge in [0.05, 0.1) is 17.1 Å². The van der Waals surface area contributed by atoms with Crippen molar-refractivity contribution in [3.05, 3.63) is 90.2 Å². The van der Waals surface area contributed by atoms with Gasteiger partial charge in [0.25, 0.3) is 10.0 Å². The van der Waals surface area contributed by atoms with E-state index in [1.165, 1.54) is 30.3 Å². The number of carbonyl (C=O) groups is 1. The van der Waals surface area contributed by atoms with Crippen LogP contribution in [0.4, 0.5) is 10.1 Å². The minimum atomic E-state index is -4.16. The number of nitrogens with zero attached hydrogens (tertiary/aromatic N) is 1. The smallest absolute Gasteiger partial charge is 0.264 e. The maximum atomic E-state index is 14.4. The van der Waals surface area contributed by atoms with Gasteiger partial charge in [0.1, 0.15) is 24.7 Å². The number of benzene rings is 3. The minimum Gasteiger partial charge on any atom is -0.492 e. The number of anilines is 1. The summed E-state index contributed by atoms with van der Waals surface area (Å²) in [5.74, 6) is -0.652. The third kappa shape index (κ3) is 5.82. The van der Waals surface area contributed by atoms with Crippen LogP contribution >= 0.6 is 0 Å². The van der Waals surface area contributed by atoms with Crippen LogP contribution in [-0.2, 0) is 14.8 Å². The van der Waals surface area contributed by atoms with Gasteiger partial charge in [0.15, 0.2) is 0 Å². The predicted molar refractivity (Wildman–Crippen MR) is 117 cm³/mol. The molecule has 3 aromatic carbocycles. The molecule has 0 spiro atoms. The SMILES string of the molecule is Cc1ccc(S(=O)(=O)N(CC(=O)NCCOc2ccccc2)c2ccccc2F)cc1. The van der Waals surface area contributed by atoms with E-state index in [1.807, 2.05) is 25.1 Å². The normalized spacial score (nSPS) is 11.0. The summed E-state index contributed by atoms with van der Waals surface area (Å²) in [7, 11) is -4.16. The van der Waals surface area contributed by atoms with E-state index in [-0.39, 0.29) is 23.7 Å². The van der Waals surface area contributed by atoms with E-state index in [9.17, 15) is 17.6 Å². The molecule has 0 atom stereocenters. The molecule has 31 heavy (non-hydrogen) atoms. The lowest BCUT2D eigenvalue weighted by atomic mass is 10.2. The van der Waals surface area contributed by atoms with Crippen LogP contribution in [0.1, 0.15) is 5.56 Å². The Labute approximate surface area is 181 Å². The Morgan fingerprint density at radius 2 is 1.61 bits per heavy atom. The van der Waals surface area contributed by atoms with Crippen LogP contribution in [0.15, 0.2) is 83.8 Å². The highest BCUT2D eigenvalue weighted by molar-refractivity contribution is 7.92. The van der Waals surface area contributed by atoms with E-state index < -0.39 is 28.3 Å². The molecule has 0 fully saturated rings. The van der Waals surface area contributed by atoms with Crippen molar-refractivity contribution in [1.82, 2.24) is 5.32 Å². The molecule has 1 amide bonds. The molecule has 1 N–H and O–H groups in total. The van der Waals surface area contributed by atoms with Gasteiger partial charge in [0.2, 0.25) is 5.91 Å². The average Bonchev–Trinajstić information content (AvgIpc) is 2.77. The van der Waals surface area contributed by atoms with Gasteiger partial charge < -0.3 is 10.1 Å². The van der Waals surface area contributed by atoms with E-state index in [0.29, 0.717) is 5.75 Å². The number of ether oxygens (including phenoxy) is 1. The maximum absolute atomic E-state index is 14.4. The van der Waals surface area contributed by atoms with Crippen LogP contribution in [0.2, 0.25) is 0 Å². The highest BCUT2D eigenvalue weighted by atomic mass is 32.2. The van der Waals surface area contributed by atoms with Crippen LogP contribution in [0.3, 0.4) is 0 Å². The van der Waals surface area contributed by atoms with Crippen molar-refractivity contribution >= 4 is 21.6 Å². The Morgan fingerprint density at radius 1 is 0.968 bits per heavy atom. The summed E-state index contributed by atoms with van der Waals surface area (Å²) < 4.78 is 47.1. The van der Waals surface area contributed by atoms with Crippen molar-refractivity contribution in [2.75, 3.05) is 24.0 Å². The van der Waals surface area contributed by atoms with Gasteiger partial charge in [0, 0.05) is 0 Å². The number of hydrogen-bond acceptors (Lipinski definition) is 4. The predicted octanol–water partition coefficient (Wildman–Crippen LogP) is 3.52. The number of amides is 1. The molecule has 0 aliphatic heterocycles. The van der Waals surface area contributed by atoms with Gasteiger partial charge in [-0.3, -0.25) is 9.10 Å². The van der Waals surface area contributed by atoms with Gasteiger partial charge in [-0.2, -0.15) is 0 Å². The molecule has 0 saturated carbocycles. The second kappa shape index (κ2) is 10.1. The number of aryl methyl sites for hydroxylation is 1. The molecule has 8 heteroatoms. The number of sulfonamides is 1. The van der Waals surface area contributed by atoms with Gasteiger partial charge >= 0.3 is 0 Å². The highest BCUT2D eigenvalue weighted by Crippen LogP contribution is 2.26. The molecule has 0 bridgehead atoms. The van der Waals surface area contributed by atoms with Crippen molar-refractivity contribution < 1.29 is 22.3 Å². The van der Waals surface area contributed by atoms with Crippen LogP contribution in [-0.4, -0.2) is 34.0 Å². The van der Waals surface area contributed by atoms with E-state index in [1.54, 1.807) is 24.3 Å². The summed E-state index contributed by atoms with van der Waals surface area (Å²) >= 11 is 0. The molecule has 0 saturated heterocycles. The van der Waals surface area contributed by atoms with Crippen molar-refractivity contribution in [3.8, 4) is 5.75 Å². The van der Waals surface area contributed by atoms with E-state index >= 15 is 0 Å². The van der Waals surface area contributed by atoms with Crippen LogP contribution < -0.4 is 14.4 Å². The number of hydrogen-bond donors (Lipinski definition) is 1. The molecule has 3 rings (SSSR count). The van der Waals surface area contributed by atoms with Crippen LogP contribution in [0.5, 0.6) is 5.75 Å². The lowest BCUT2D eigenvalue weighted by Crippen LogP contribution is -2.42. The lowest BCUT2D eigenvalue weighted by molar-refractivity contribution is -0.119.